The molecular formula is C20H25N3O3. The molecule has 0 bridgehead atoms. The van der Waals surface area contributed by atoms with E-state index in [1.165, 1.54) is 6.20 Å². The number of rotatable bonds is 9. The average molecular weight is 355 g/mol. The smallest absolute Gasteiger partial charge is 0.272 e. The molecular weight excluding hydrogens is 330 g/mol. The lowest BCUT2D eigenvalue weighted by Crippen LogP contribution is -2.19. The topological polar surface area (TPSA) is 72.8 Å². The first kappa shape index (κ1) is 19.4. The van der Waals surface area contributed by atoms with E-state index in [1.807, 2.05) is 32.0 Å². The van der Waals surface area contributed by atoms with E-state index >= 15 is 0 Å². The van der Waals surface area contributed by atoms with Crippen molar-refractivity contribution in [2.75, 3.05) is 13.2 Å². The molecule has 1 heterocycles. The monoisotopic (exact) mass is 355 g/mol. The molecule has 26 heavy (non-hydrogen) atoms. The first-order valence-electron chi connectivity index (χ1n) is 8.80. The summed E-state index contributed by atoms with van der Waals surface area (Å²) in [6, 6.07) is 9.03. The van der Waals surface area contributed by atoms with Crippen LogP contribution in [0.15, 0.2) is 47.8 Å². The molecule has 0 aliphatic rings. The minimum atomic E-state index is -0.309. The van der Waals surface area contributed by atoms with Gasteiger partial charge in [0, 0.05) is 24.0 Å². The summed E-state index contributed by atoms with van der Waals surface area (Å²) in [6.07, 6.45) is 4.95. The maximum atomic E-state index is 12.1. The van der Waals surface area contributed by atoms with E-state index in [1.54, 1.807) is 18.3 Å². The zero-order chi connectivity index (χ0) is 18.8. The van der Waals surface area contributed by atoms with Gasteiger partial charge in [-0.05, 0) is 44.0 Å². The van der Waals surface area contributed by atoms with Gasteiger partial charge >= 0.3 is 0 Å². The van der Waals surface area contributed by atoms with E-state index in [0.29, 0.717) is 30.2 Å². The summed E-state index contributed by atoms with van der Waals surface area (Å²) < 4.78 is 11.5. The quantitative estimate of drug-likeness (QED) is 0.548. The van der Waals surface area contributed by atoms with Crippen molar-refractivity contribution >= 4 is 11.6 Å². The first-order chi connectivity index (χ1) is 12.7. The molecule has 0 fully saturated rings. The summed E-state index contributed by atoms with van der Waals surface area (Å²) in [4.78, 5) is 16.0. The number of nitrogens with one attached hydrogen (secondary N) is 1. The van der Waals surface area contributed by atoms with Crippen molar-refractivity contribution in [2.45, 2.75) is 33.6 Å². The van der Waals surface area contributed by atoms with Crippen molar-refractivity contribution in [3.63, 3.8) is 0 Å². The van der Waals surface area contributed by atoms with Crippen LogP contribution in [0.4, 0.5) is 0 Å². The van der Waals surface area contributed by atoms with Crippen LogP contribution in [-0.4, -0.2) is 29.8 Å². The van der Waals surface area contributed by atoms with Gasteiger partial charge in [0.15, 0.2) is 0 Å². The second-order valence-corrected chi connectivity index (χ2v) is 5.73. The Labute approximate surface area is 154 Å². The molecule has 1 N–H and O–H groups in total. The number of nitrogens with zero attached hydrogens (tertiary/aromatic N) is 2. The molecule has 0 spiro atoms. The Morgan fingerprint density at radius 3 is 2.62 bits per heavy atom. The van der Waals surface area contributed by atoms with Crippen LogP contribution in [0.5, 0.6) is 11.5 Å². The highest BCUT2D eigenvalue weighted by atomic mass is 16.5. The predicted octanol–water partition coefficient (Wildman–Crippen LogP) is 3.81. The zero-order valence-electron chi connectivity index (χ0n) is 15.5. The summed E-state index contributed by atoms with van der Waals surface area (Å²) >= 11 is 0. The lowest BCUT2D eigenvalue weighted by molar-refractivity contribution is 0.0954. The Hall–Kier alpha value is -2.89. The second-order valence-electron chi connectivity index (χ2n) is 5.73. The number of hydrazone groups is 1. The molecule has 2 rings (SSSR count). The van der Waals surface area contributed by atoms with E-state index < -0.39 is 0 Å². The molecule has 6 heteroatoms. The van der Waals surface area contributed by atoms with Crippen molar-refractivity contribution in [3.05, 3.63) is 53.9 Å². The van der Waals surface area contributed by atoms with Crippen LogP contribution in [0.3, 0.4) is 0 Å². The number of hydrogen-bond donors (Lipinski definition) is 1. The number of benzene rings is 1. The Morgan fingerprint density at radius 1 is 1.15 bits per heavy atom. The molecule has 0 unspecified atom stereocenters. The zero-order valence-corrected chi connectivity index (χ0v) is 15.5. The number of hydrogen-bond acceptors (Lipinski definition) is 5. The van der Waals surface area contributed by atoms with E-state index in [0.717, 1.165) is 24.2 Å². The third-order valence-electron chi connectivity index (χ3n) is 3.53. The Balaban J connectivity index is 2.17. The van der Waals surface area contributed by atoms with Gasteiger partial charge in [0.2, 0.25) is 0 Å². The number of amides is 1. The largest absolute Gasteiger partial charge is 0.493 e. The van der Waals surface area contributed by atoms with Crippen LogP contribution in [0.25, 0.3) is 0 Å². The minimum absolute atomic E-state index is 0.309. The van der Waals surface area contributed by atoms with Gasteiger partial charge in [0.25, 0.3) is 5.91 Å². The molecule has 0 atom stereocenters. The van der Waals surface area contributed by atoms with Crippen molar-refractivity contribution in [3.8, 4) is 11.5 Å². The van der Waals surface area contributed by atoms with E-state index in [2.05, 4.69) is 22.4 Å². The highest BCUT2D eigenvalue weighted by Crippen LogP contribution is 2.26. The number of carbonyl (C=O) groups is 1. The summed E-state index contributed by atoms with van der Waals surface area (Å²) in [5.74, 6) is 1.14. The van der Waals surface area contributed by atoms with Gasteiger partial charge in [-0.2, -0.15) is 5.10 Å². The first-order valence-corrected chi connectivity index (χ1v) is 8.80. The normalized spacial score (nSPS) is 11.1. The second kappa shape index (κ2) is 10.2. The summed E-state index contributed by atoms with van der Waals surface area (Å²) in [5.41, 5.74) is 4.47. The van der Waals surface area contributed by atoms with Crippen molar-refractivity contribution < 1.29 is 14.3 Å². The molecule has 0 radical (unpaired) electrons. The van der Waals surface area contributed by atoms with Crippen molar-refractivity contribution in [1.29, 1.82) is 0 Å². The van der Waals surface area contributed by atoms with E-state index in [-0.39, 0.29) is 5.91 Å². The minimum Gasteiger partial charge on any atom is -0.493 e. The molecule has 0 aliphatic carbocycles. The maximum Gasteiger partial charge on any atom is 0.272 e. The standard InChI is InChI=1S/C20H25N3O3/c1-4-11-25-17-8-9-18(19(13-17)26-12-5-2)15(3)22-23-20(24)16-7-6-10-21-14-16/h6-10,13-14H,4-5,11-12H2,1-3H3,(H,23,24)/b22-15-. The fourth-order valence-corrected chi connectivity index (χ4v) is 2.20. The van der Waals surface area contributed by atoms with Crippen LogP contribution >= 0.6 is 0 Å². The molecule has 138 valence electrons. The third kappa shape index (κ3) is 5.58. The molecule has 1 aromatic carbocycles. The van der Waals surface area contributed by atoms with Gasteiger partial charge in [0.1, 0.15) is 11.5 Å². The van der Waals surface area contributed by atoms with Crippen LogP contribution in [0.1, 0.15) is 49.5 Å². The average Bonchev–Trinajstić information content (AvgIpc) is 2.69. The van der Waals surface area contributed by atoms with Crippen molar-refractivity contribution in [1.82, 2.24) is 10.4 Å². The van der Waals surface area contributed by atoms with Crippen LogP contribution in [0.2, 0.25) is 0 Å². The lowest BCUT2D eigenvalue weighted by atomic mass is 10.1. The lowest BCUT2D eigenvalue weighted by Gasteiger charge is -2.13. The highest BCUT2D eigenvalue weighted by Gasteiger charge is 2.11. The summed E-state index contributed by atoms with van der Waals surface area (Å²) in [5, 5.41) is 4.20. The van der Waals surface area contributed by atoms with E-state index in [9.17, 15) is 4.79 Å². The SMILES string of the molecule is CCCOc1ccc(/C(C)=N\NC(=O)c2cccnc2)c(OCCC)c1. The third-order valence-corrected chi connectivity index (χ3v) is 3.53. The number of ether oxygens (including phenoxy) is 2. The van der Waals surface area contributed by atoms with Gasteiger partial charge in [-0.1, -0.05) is 13.8 Å². The molecule has 0 aliphatic heterocycles. The van der Waals surface area contributed by atoms with Gasteiger partial charge < -0.3 is 9.47 Å². The highest BCUT2D eigenvalue weighted by molar-refractivity contribution is 6.02. The molecule has 0 saturated heterocycles. The van der Waals surface area contributed by atoms with Gasteiger partial charge in [-0.3, -0.25) is 9.78 Å². The van der Waals surface area contributed by atoms with Crippen LogP contribution < -0.4 is 14.9 Å². The fraction of sp³-hybridized carbons (Fsp3) is 0.350. The number of pyridine rings is 1. The van der Waals surface area contributed by atoms with Gasteiger partial charge in [0.05, 0.1) is 24.5 Å². The summed E-state index contributed by atoms with van der Waals surface area (Å²) in [7, 11) is 0. The Kier molecular flexibility index (Phi) is 7.61. The summed E-state index contributed by atoms with van der Waals surface area (Å²) in [6.45, 7) is 7.18. The molecule has 2 aromatic rings. The van der Waals surface area contributed by atoms with Gasteiger partial charge in [-0.25, -0.2) is 5.43 Å². The molecule has 6 nitrogen and oxygen atoms in total. The molecule has 0 saturated carbocycles. The Bertz CT molecular complexity index is 745. The van der Waals surface area contributed by atoms with Crippen LogP contribution in [0, 0.1) is 0 Å². The van der Waals surface area contributed by atoms with E-state index in [4.69, 9.17) is 9.47 Å². The fourth-order valence-electron chi connectivity index (χ4n) is 2.20. The maximum absolute atomic E-state index is 12.1. The van der Waals surface area contributed by atoms with Crippen molar-refractivity contribution in [2.24, 2.45) is 5.10 Å². The van der Waals surface area contributed by atoms with Gasteiger partial charge in [-0.15, -0.1) is 0 Å². The molecule has 1 aromatic heterocycles. The number of aromatic nitrogens is 1. The Morgan fingerprint density at radius 2 is 1.92 bits per heavy atom. The number of carbonyl (C=O) groups excluding carboxylic acids is 1. The predicted molar refractivity (Wildman–Crippen MR) is 102 cm³/mol. The molecule has 1 amide bonds. The van der Waals surface area contributed by atoms with Crippen LogP contribution in [-0.2, 0) is 0 Å².